The van der Waals surface area contributed by atoms with Gasteiger partial charge in [-0.3, -0.25) is 0 Å². The van der Waals surface area contributed by atoms with E-state index in [1.807, 2.05) is 0 Å². The van der Waals surface area contributed by atoms with Crippen LogP contribution in [0, 0.1) is 17.7 Å². The van der Waals surface area contributed by atoms with Crippen molar-refractivity contribution >= 4 is 28.3 Å². The average molecular weight is 379 g/mol. The fourth-order valence-corrected chi connectivity index (χ4v) is 3.30. The molecule has 0 spiro atoms. The predicted octanol–water partition coefficient (Wildman–Crippen LogP) is 3.06. The molecule has 134 valence electrons. The maximum absolute atomic E-state index is 14.5. The van der Waals surface area contributed by atoms with Gasteiger partial charge in [-0.1, -0.05) is 11.8 Å². The molecule has 27 heavy (non-hydrogen) atoms. The van der Waals surface area contributed by atoms with Crippen molar-refractivity contribution in [2.24, 2.45) is 0 Å². The van der Waals surface area contributed by atoms with E-state index in [2.05, 4.69) is 31.8 Å². The Morgan fingerprint density at radius 2 is 2.15 bits per heavy atom. The third-order valence-corrected chi connectivity index (χ3v) is 4.97. The molecule has 8 heteroatoms. The van der Waals surface area contributed by atoms with Crippen LogP contribution in [0.5, 0.6) is 0 Å². The first-order valence-corrected chi connectivity index (χ1v) is 8.87. The molecule has 0 aliphatic heterocycles. The summed E-state index contributed by atoms with van der Waals surface area (Å²) in [5.74, 6) is 5.39. The molecule has 1 aromatic carbocycles. The van der Waals surface area contributed by atoms with Crippen molar-refractivity contribution in [1.29, 1.82) is 0 Å². The molecule has 6 nitrogen and oxygen atoms in total. The number of benzene rings is 1. The Labute approximate surface area is 157 Å². The fourth-order valence-electron chi connectivity index (χ4n) is 2.65. The van der Waals surface area contributed by atoms with Crippen molar-refractivity contribution in [1.82, 2.24) is 19.9 Å². The Bertz CT molecular complexity index is 1190. The van der Waals surface area contributed by atoms with Crippen molar-refractivity contribution in [2.45, 2.75) is 12.5 Å². The second-order valence-corrected chi connectivity index (χ2v) is 6.94. The molecule has 0 saturated carbocycles. The van der Waals surface area contributed by atoms with E-state index in [0.717, 1.165) is 0 Å². The molecule has 0 radical (unpaired) electrons. The predicted molar refractivity (Wildman–Crippen MR) is 102 cm³/mol. The molecule has 4 N–H and O–H groups in total. The lowest BCUT2D eigenvalue weighted by molar-refractivity contribution is 0.122. The van der Waals surface area contributed by atoms with Gasteiger partial charge in [0.05, 0.1) is 11.7 Å². The Balaban J connectivity index is 1.77. The number of nitrogens with two attached hydrogens (primary N) is 1. The van der Waals surface area contributed by atoms with E-state index >= 15 is 0 Å². The normalized spacial score (nSPS) is 13.1. The minimum absolute atomic E-state index is 0.110. The lowest BCUT2D eigenvalue weighted by Crippen LogP contribution is -2.17. The van der Waals surface area contributed by atoms with Crippen molar-refractivity contribution in [3.8, 4) is 23.0 Å². The maximum Gasteiger partial charge on any atom is 0.220 e. The minimum Gasteiger partial charge on any atom is -0.371 e. The molecule has 0 amide bonds. The fraction of sp³-hybridized carbons (Fsp3) is 0.105. The van der Waals surface area contributed by atoms with E-state index in [9.17, 15) is 9.50 Å². The zero-order valence-electron chi connectivity index (χ0n) is 14.2. The topological polar surface area (TPSA) is 101 Å². The second-order valence-electron chi connectivity index (χ2n) is 6.05. The highest BCUT2D eigenvalue weighted by atomic mass is 32.1. The molecule has 0 fully saturated rings. The van der Waals surface area contributed by atoms with Gasteiger partial charge < -0.3 is 15.8 Å². The molecule has 3 aromatic heterocycles. The first-order valence-electron chi connectivity index (χ1n) is 7.99. The molecule has 0 aliphatic carbocycles. The number of fused-ring (bicyclic) bond motifs is 1. The Kier molecular flexibility index (Phi) is 4.11. The third kappa shape index (κ3) is 3.26. The summed E-state index contributed by atoms with van der Waals surface area (Å²) in [6.45, 7) is 1.57. The largest absolute Gasteiger partial charge is 0.371 e. The van der Waals surface area contributed by atoms with Crippen LogP contribution in [-0.4, -0.2) is 25.0 Å². The van der Waals surface area contributed by atoms with Crippen LogP contribution in [0.15, 0.2) is 42.2 Å². The van der Waals surface area contributed by atoms with Gasteiger partial charge in [0, 0.05) is 34.5 Å². The van der Waals surface area contributed by atoms with Gasteiger partial charge in [-0.2, -0.15) is 0 Å². The third-order valence-electron chi connectivity index (χ3n) is 3.99. The summed E-state index contributed by atoms with van der Waals surface area (Å²) in [6, 6.07) is 4.50. The molecule has 3 heterocycles. The number of aromatic nitrogens is 4. The summed E-state index contributed by atoms with van der Waals surface area (Å²) >= 11 is 1.32. The standard InChI is InChI=1S/C19H14FN5OS/c1-19(26,17-22-6-7-27-17)5-4-11-2-3-14(20)12(8-11)13-9-23-15-10-24-18(21)25-16(13)15/h2-3,6-10,23,26H,1H3,(H2,21,24,25)/t19-/m1/s1. The SMILES string of the molecule is C[C@@](O)(C#Cc1ccc(F)c(-c2c[nH]c3cnc(N)nc23)c1)c1nccs1. The van der Waals surface area contributed by atoms with Crippen molar-refractivity contribution in [3.05, 3.63) is 58.6 Å². The Morgan fingerprint density at radius 3 is 2.93 bits per heavy atom. The van der Waals surface area contributed by atoms with Crippen LogP contribution in [0.1, 0.15) is 17.5 Å². The molecular weight excluding hydrogens is 365 g/mol. The smallest absolute Gasteiger partial charge is 0.220 e. The van der Waals surface area contributed by atoms with Crippen LogP contribution >= 0.6 is 11.3 Å². The molecule has 0 aliphatic rings. The molecule has 4 aromatic rings. The van der Waals surface area contributed by atoms with Gasteiger partial charge in [0.2, 0.25) is 5.95 Å². The number of anilines is 1. The molecule has 1 atom stereocenters. The van der Waals surface area contributed by atoms with E-state index in [4.69, 9.17) is 5.73 Å². The number of H-pyrrole nitrogens is 1. The number of hydrogen-bond donors (Lipinski definition) is 3. The van der Waals surface area contributed by atoms with Crippen LogP contribution in [0.3, 0.4) is 0 Å². The molecule has 0 saturated heterocycles. The molecular formula is C19H14FN5OS. The summed E-state index contributed by atoms with van der Waals surface area (Å²) < 4.78 is 14.5. The number of halogens is 1. The van der Waals surface area contributed by atoms with Gasteiger partial charge >= 0.3 is 0 Å². The number of rotatable bonds is 2. The number of aliphatic hydroxyl groups is 1. The first kappa shape index (κ1) is 17.1. The highest BCUT2D eigenvalue weighted by Gasteiger charge is 2.23. The lowest BCUT2D eigenvalue weighted by atomic mass is 10.0. The van der Waals surface area contributed by atoms with E-state index < -0.39 is 11.4 Å². The number of nitrogens with zero attached hydrogens (tertiary/aromatic N) is 3. The zero-order chi connectivity index (χ0) is 19.0. The second kappa shape index (κ2) is 6.46. The maximum atomic E-state index is 14.5. The number of aromatic amines is 1. The van der Waals surface area contributed by atoms with Gasteiger partial charge in [-0.15, -0.1) is 11.3 Å². The van der Waals surface area contributed by atoms with Gasteiger partial charge in [-0.05, 0) is 25.1 Å². The summed E-state index contributed by atoms with van der Waals surface area (Å²) in [5.41, 5.74) is 6.91. The number of hydrogen-bond acceptors (Lipinski definition) is 6. The van der Waals surface area contributed by atoms with E-state index in [-0.39, 0.29) is 5.95 Å². The summed E-state index contributed by atoms with van der Waals surface area (Å²) in [5, 5.41) is 12.8. The lowest BCUT2D eigenvalue weighted by Gasteiger charge is -2.12. The number of nitrogens with one attached hydrogen (secondary N) is 1. The van der Waals surface area contributed by atoms with Crippen LogP contribution < -0.4 is 5.73 Å². The van der Waals surface area contributed by atoms with E-state index in [0.29, 0.717) is 32.7 Å². The number of thiazole rings is 1. The monoisotopic (exact) mass is 379 g/mol. The summed E-state index contributed by atoms with van der Waals surface area (Å²) in [4.78, 5) is 15.2. The molecule has 0 unspecified atom stereocenters. The highest BCUT2D eigenvalue weighted by Crippen LogP contribution is 2.30. The van der Waals surface area contributed by atoms with Gasteiger partial charge in [0.1, 0.15) is 16.3 Å². The summed E-state index contributed by atoms with van der Waals surface area (Å²) in [7, 11) is 0. The summed E-state index contributed by atoms with van der Waals surface area (Å²) in [6.07, 6.45) is 4.81. The molecule has 4 rings (SSSR count). The van der Waals surface area contributed by atoms with Crippen molar-refractivity contribution < 1.29 is 9.50 Å². The van der Waals surface area contributed by atoms with Gasteiger partial charge in [0.15, 0.2) is 5.60 Å². The van der Waals surface area contributed by atoms with Crippen LogP contribution in [0.25, 0.3) is 22.2 Å². The van der Waals surface area contributed by atoms with E-state index in [1.54, 1.807) is 43.0 Å². The van der Waals surface area contributed by atoms with E-state index in [1.165, 1.54) is 17.4 Å². The minimum atomic E-state index is -1.38. The van der Waals surface area contributed by atoms with Crippen LogP contribution in [0.2, 0.25) is 0 Å². The van der Waals surface area contributed by atoms with Gasteiger partial charge in [0.25, 0.3) is 0 Å². The molecule has 0 bridgehead atoms. The quantitative estimate of drug-likeness (QED) is 0.465. The van der Waals surface area contributed by atoms with Gasteiger partial charge in [-0.25, -0.2) is 19.3 Å². The Hall–Kier alpha value is -3.28. The van der Waals surface area contributed by atoms with Crippen molar-refractivity contribution in [3.63, 3.8) is 0 Å². The Morgan fingerprint density at radius 1 is 1.30 bits per heavy atom. The number of nitrogen functional groups attached to an aromatic ring is 1. The average Bonchev–Trinajstić information content (AvgIpc) is 3.31. The van der Waals surface area contributed by atoms with Crippen LogP contribution in [0.4, 0.5) is 10.3 Å². The van der Waals surface area contributed by atoms with Crippen molar-refractivity contribution in [2.75, 3.05) is 5.73 Å². The first-order chi connectivity index (χ1) is 12.9. The highest BCUT2D eigenvalue weighted by molar-refractivity contribution is 7.09. The zero-order valence-corrected chi connectivity index (χ0v) is 15.0. The van der Waals surface area contributed by atoms with Crippen LogP contribution in [-0.2, 0) is 5.60 Å².